The topological polar surface area (TPSA) is 100 Å². The molecule has 4 N–H and O–H groups in total. The first-order valence-corrected chi connectivity index (χ1v) is 5.23. The van der Waals surface area contributed by atoms with E-state index in [1.54, 1.807) is 11.8 Å². The molecule has 2 amide bonds. The molecule has 1 rings (SSSR count). The minimum absolute atomic E-state index is 0.113. The lowest BCUT2D eigenvalue weighted by molar-refractivity contribution is 0.0531. The van der Waals surface area contributed by atoms with Crippen molar-refractivity contribution in [3.05, 3.63) is 0 Å². The summed E-state index contributed by atoms with van der Waals surface area (Å²) in [6.45, 7) is 4.47. The minimum Gasteiger partial charge on any atom is -0.409 e. The molecule has 1 heterocycles. The molecule has 16 heavy (non-hydrogen) atoms. The summed E-state index contributed by atoms with van der Waals surface area (Å²) in [6, 6.07) is -0.138. The second-order valence-corrected chi connectivity index (χ2v) is 3.71. The summed E-state index contributed by atoms with van der Waals surface area (Å²) in [5.74, 6) is -0.0720. The number of nitrogens with one attached hydrogen (secondary N) is 1. The fourth-order valence-corrected chi connectivity index (χ4v) is 1.32. The molecule has 1 aliphatic heterocycles. The Bertz CT molecular complexity index is 263. The number of amidine groups is 1. The van der Waals surface area contributed by atoms with E-state index in [0.717, 1.165) is 0 Å². The number of hydrogen-bond donors (Lipinski definition) is 3. The fraction of sp³-hybridized carbons (Fsp3) is 0.778. The Morgan fingerprint density at radius 2 is 2.25 bits per heavy atom. The normalized spacial score (nSPS) is 19.3. The molecule has 0 aromatic carbocycles. The molecule has 1 atom stereocenters. The molecule has 0 aromatic heterocycles. The Hall–Kier alpha value is -1.50. The smallest absolute Gasteiger partial charge is 0.317 e. The molecule has 1 aliphatic rings. The Kier molecular flexibility index (Phi) is 4.84. The number of oxime groups is 1. The summed E-state index contributed by atoms with van der Waals surface area (Å²) in [5.41, 5.74) is 5.40. The Morgan fingerprint density at radius 1 is 1.62 bits per heavy atom. The van der Waals surface area contributed by atoms with Gasteiger partial charge in [0.2, 0.25) is 0 Å². The van der Waals surface area contributed by atoms with Crippen LogP contribution < -0.4 is 11.1 Å². The second-order valence-electron chi connectivity index (χ2n) is 3.71. The van der Waals surface area contributed by atoms with Crippen LogP contribution in [-0.4, -0.2) is 54.8 Å². The number of urea groups is 1. The van der Waals surface area contributed by atoms with Gasteiger partial charge in [-0.3, -0.25) is 0 Å². The summed E-state index contributed by atoms with van der Waals surface area (Å²) >= 11 is 0. The van der Waals surface area contributed by atoms with Crippen molar-refractivity contribution in [1.82, 2.24) is 10.2 Å². The van der Waals surface area contributed by atoms with Crippen molar-refractivity contribution >= 4 is 11.9 Å². The lowest BCUT2D eigenvalue weighted by Gasteiger charge is -2.27. The molecule has 7 heteroatoms. The molecule has 92 valence electrons. The highest BCUT2D eigenvalue weighted by Crippen LogP contribution is 1.98. The third-order valence-corrected chi connectivity index (χ3v) is 2.48. The second kappa shape index (κ2) is 6.16. The molecule has 1 fully saturated rings. The van der Waals surface area contributed by atoms with Crippen molar-refractivity contribution in [2.75, 3.05) is 32.8 Å². The molecular formula is C9H18N4O3. The first-order valence-electron chi connectivity index (χ1n) is 5.23. The van der Waals surface area contributed by atoms with E-state index in [1.807, 2.05) is 0 Å². The predicted molar refractivity (Wildman–Crippen MR) is 58.4 cm³/mol. The molecule has 0 aromatic rings. The predicted octanol–water partition coefficient (Wildman–Crippen LogP) is -0.589. The van der Waals surface area contributed by atoms with Crippen LogP contribution in [-0.2, 0) is 4.74 Å². The molecule has 7 nitrogen and oxygen atoms in total. The number of carbonyl (C=O) groups excluding carboxylic acids is 1. The van der Waals surface area contributed by atoms with E-state index in [4.69, 9.17) is 15.7 Å². The van der Waals surface area contributed by atoms with Gasteiger partial charge in [-0.25, -0.2) is 4.79 Å². The molecule has 0 bridgehead atoms. The molecule has 0 spiro atoms. The Labute approximate surface area is 94.2 Å². The van der Waals surface area contributed by atoms with Crippen LogP contribution in [0.2, 0.25) is 0 Å². The van der Waals surface area contributed by atoms with Gasteiger partial charge in [0.15, 0.2) is 0 Å². The van der Waals surface area contributed by atoms with Crippen molar-refractivity contribution in [3.63, 3.8) is 0 Å². The minimum atomic E-state index is -0.185. The molecule has 0 radical (unpaired) electrons. The number of hydrogen-bond acceptors (Lipinski definition) is 4. The van der Waals surface area contributed by atoms with E-state index < -0.39 is 0 Å². The van der Waals surface area contributed by atoms with E-state index >= 15 is 0 Å². The van der Waals surface area contributed by atoms with E-state index in [1.165, 1.54) is 0 Å². The SMILES string of the molecule is CC(CNC(=O)N1CCOCC1)C(N)=NO. The Morgan fingerprint density at radius 3 is 2.81 bits per heavy atom. The maximum atomic E-state index is 11.6. The summed E-state index contributed by atoms with van der Waals surface area (Å²) in [7, 11) is 0. The maximum absolute atomic E-state index is 11.6. The van der Waals surface area contributed by atoms with Crippen LogP contribution in [0.1, 0.15) is 6.92 Å². The molecule has 1 unspecified atom stereocenters. The van der Waals surface area contributed by atoms with Gasteiger partial charge >= 0.3 is 6.03 Å². The van der Waals surface area contributed by atoms with Crippen LogP contribution in [0.25, 0.3) is 0 Å². The van der Waals surface area contributed by atoms with Gasteiger partial charge in [-0.05, 0) is 0 Å². The molecule has 0 saturated carbocycles. The van der Waals surface area contributed by atoms with Gasteiger partial charge in [-0.2, -0.15) is 0 Å². The lowest BCUT2D eigenvalue weighted by atomic mass is 10.1. The fourth-order valence-electron chi connectivity index (χ4n) is 1.32. The lowest BCUT2D eigenvalue weighted by Crippen LogP contribution is -2.47. The summed E-state index contributed by atoms with van der Waals surface area (Å²) in [4.78, 5) is 13.3. The summed E-state index contributed by atoms with van der Waals surface area (Å²) in [5, 5.41) is 14.1. The van der Waals surface area contributed by atoms with Crippen molar-refractivity contribution in [2.45, 2.75) is 6.92 Å². The number of carbonyl (C=O) groups is 1. The van der Waals surface area contributed by atoms with Crippen molar-refractivity contribution < 1.29 is 14.7 Å². The van der Waals surface area contributed by atoms with Gasteiger partial charge in [0, 0.05) is 25.6 Å². The average molecular weight is 230 g/mol. The quantitative estimate of drug-likeness (QED) is 0.261. The van der Waals surface area contributed by atoms with E-state index in [9.17, 15) is 4.79 Å². The number of morpholine rings is 1. The summed E-state index contributed by atoms with van der Waals surface area (Å²) in [6.07, 6.45) is 0. The monoisotopic (exact) mass is 230 g/mol. The third-order valence-electron chi connectivity index (χ3n) is 2.48. The number of nitrogens with zero attached hydrogens (tertiary/aromatic N) is 2. The van der Waals surface area contributed by atoms with E-state index in [0.29, 0.717) is 32.8 Å². The van der Waals surface area contributed by atoms with Gasteiger partial charge in [0.1, 0.15) is 5.84 Å². The average Bonchev–Trinajstić information content (AvgIpc) is 2.35. The van der Waals surface area contributed by atoms with Gasteiger partial charge in [-0.15, -0.1) is 0 Å². The standard InChI is InChI=1S/C9H18N4O3/c1-7(8(10)12-15)6-11-9(14)13-2-4-16-5-3-13/h7,15H,2-6H2,1H3,(H2,10,12)(H,11,14). The van der Waals surface area contributed by atoms with E-state index in [-0.39, 0.29) is 17.8 Å². The van der Waals surface area contributed by atoms with Gasteiger partial charge in [0.25, 0.3) is 0 Å². The molecule has 1 saturated heterocycles. The van der Waals surface area contributed by atoms with Crippen molar-refractivity contribution in [2.24, 2.45) is 16.8 Å². The zero-order valence-corrected chi connectivity index (χ0v) is 9.35. The number of ether oxygens (including phenoxy) is 1. The van der Waals surface area contributed by atoms with Gasteiger partial charge in [-0.1, -0.05) is 12.1 Å². The van der Waals surface area contributed by atoms with E-state index in [2.05, 4.69) is 10.5 Å². The highest BCUT2D eigenvalue weighted by molar-refractivity contribution is 5.83. The van der Waals surface area contributed by atoms with Crippen LogP contribution >= 0.6 is 0 Å². The van der Waals surface area contributed by atoms with Crippen molar-refractivity contribution in [1.29, 1.82) is 0 Å². The molecule has 0 aliphatic carbocycles. The highest BCUT2D eigenvalue weighted by Gasteiger charge is 2.17. The van der Waals surface area contributed by atoms with Crippen molar-refractivity contribution in [3.8, 4) is 0 Å². The summed E-state index contributed by atoms with van der Waals surface area (Å²) < 4.78 is 5.14. The van der Waals surface area contributed by atoms with Crippen LogP contribution in [0, 0.1) is 5.92 Å². The van der Waals surface area contributed by atoms with Crippen LogP contribution in [0.5, 0.6) is 0 Å². The van der Waals surface area contributed by atoms with Crippen LogP contribution in [0.15, 0.2) is 5.16 Å². The zero-order chi connectivity index (χ0) is 12.0. The largest absolute Gasteiger partial charge is 0.409 e. The maximum Gasteiger partial charge on any atom is 0.317 e. The van der Waals surface area contributed by atoms with Crippen LogP contribution in [0.4, 0.5) is 4.79 Å². The van der Waals surface area contributed by atoms with Gasteiger partial charge < -0.3 is 25.9 Å². The highest BCUT2D eigenvalue weighted by atomic mass is 16.5. The number of rotatable bonds is 3. The Balaban J connectivity index is 2.28. The number of amides is 2. The first kappa shape index (κ1) is 12.6. The van der Waals surface area contributed by atoms with Crippen LogP contribution in [0.3, 0.4) is 0 Å². The first-order chi connectivity index (χ1) is 7.65. The number of nitrogens with two attached hydrogens (primary N) is 1. The third kappa shape index (κ3) is 3.58. The van der Waals surface area contributed by atoms with Gasteiger partial charge in [0.05, 0.1) is 13.2 Å². The molecular weight excluding hydrogens is 212 g/mol. The zero-order valence-electron chi connectivity index (χ0n) is 9.35.